The lowest BCUT2D eigenvalue weighted by atomic mass is 10.1. The van der Waals surface area contributed by atoms with Crippen molar-refractivity contribution in [3.8, 4) is 17.3 Å². The van der Waals surface area contributed by atoms with Crippen LogP contribution in [0.3, 0.4) is 0 Å². The molecule has 1 aromatic heterocycles. The third kappa shape index (κ3) is 2.65. The molecule has 3 rings (SSSR count). The van der Waals surface area contributed by atoms with Crippen LogP contribution in [0.15, 0.2) is 30.3 Å². The van der Waals surface area contributed by atoms with E-state index < -0.39 is 0 Å². The van der Waals surface area contributed by atoms with E-state index in [4.69, 9.17) is 5.73 Å². The number of hydrogen-bond acceptors (Lipinski definition) is 4. The summed E-state index contributed by atoms with van der Waals surface area (Å²) in [6.45, 7) is 1.95. The number of nitrogens with zero attached hydrogens (tertiary/aromatic N) is 4. The maximum atomic E-state index is 9.43. The average molecular weight is 299 g/mol. The maximum absolute atomic E-state index is 9.43. The number of anilines is 1. The number of aromatic nitrogens is 2. The minimum absolute atomic E-state index is 0.223. The van der Waals surface area contributed by atoms with Crippen molar-refractivity contribution >= 4 is 15.2 Å². The molecular formula is C15H18N5P. The summed E-state index contributed by atoms with van der Waals surface area (Å²) in [5.41, 5.74) is 8.26. The predicted molar refractivity (Wildman–Crippen MR) is 86.3 cm³/mol. The van der Waals surface area contributed by atoms with Gasteiger partial charge in [-0.3, -0.25) is 4.67 Å². The molecule has 0 bridgehead atoms. The van der Waals surface area contributed by atoms with E-state index in [1.807, 2.05) is 35.0 Å². The molecule has 0 radical (unpaired) electrons. The lowest BCUT2D eigenvalue weighted by Crippen LogP contribution is -2.31. The second kappa shape index (κ2) is 5.85. The van der Waals surface area contributed by atoms with E-state index in [9.17, 15) is 5.26 Å². The first kappa shape index (κ1) is 14.1. The number of nitrogens with two attached hydrogens (primary N) is 1. The molecule has 0 spiro atoms. The molecule has 0 saturated carbocycles. The zero-order valence-corrected chi connectivity index (χ0v) is 12.9. The SMILES string of the molecule is N#Cc1c(-c2ccccc2)nn(C2CCCN(P)C2)c1N. The fourth-order valence-corrected chi connectivity index (χ4v) is 3.24. The van der Waals surface area contributed by atoms with Gasteiger partial charge in [-0.15, -0.1) is 0 Å². The van der Waals surface area contributed by atoms with E-state index >= 15 is 0 Å². The van der Waals surface area contributed by atoms with Gasteiger partial charge in [-0.2, -0.15) is 10.4 Å². The van der Waals surface area contributed by atoms with E-state index in [1.54, 1.807) is 0 Å². The van der Waals surface area contributed by atoms with Crippen molar-refractivity contribution in [2.24, 2.45) is 0 Å². The topological polar surface area (TPSA) is 70.9 Å². The summed E-state index contributed by atoms with van der Waals surface area (Å²) >= 11 is 0. The van der Waals surface area contributed by atoms with Gasteiger partial charge in [0.25, 0.3) is 0 Å². The van der Waals surface area contributed by atoms with Crippen LogP contribution in [0.1, 0.15) is 24.4 Å². The molecule has 2 N–H and O–H groups in total. The predicted octanol–water partition coefficient (Wildman–Crippen LogP) is 2.43. The van der Waals surface area contributed by atoms with Gasteiger partial charge < -0.3 is 5.73 Å². The molecule has 1 aliphatic heterocycles. The van der Waals surface area contributed by atoms with Crippen LogP contribution in [0.25, 0.3) is 11.3 Å². The fourth-order valence-electron chi connectivity index (χ4n) is 2.82. The molecule has 2 unspecified atom stereocenters. The summed E-state index contributed by atoms with van der Waals surface area (Å²) in [5, 5.41) is 14.1. The number of rotatable bonds is 2. The fraction of sp³-hybridized carbons (Fsp3) is 0.333. The summed E-state index contributed by atoms with van der Waals surface area (Å²) in [6, 6.07) is 12.2. The number of benzene rings is 1. The van der Waals surface area contributed by atoms with Crippen LogP contribution in [0.2, 0.25) is 0 Å². The largest absolute Gasteiger partial charge is 0.383 e. The Kier molecular flexibility index (Phi) is 3.92. The normalized spacial score (nSPS) is 19.3. The van der Waals surface area contributed by atoms with E-state index in [1.165, 1.54) is 0 Å². The van der Waals surface area contributed by atoms with E-state index in [0.29, 0.717) is 17.1 Å². The van der Waals surface area contributed by atoms with E-state index in [2.05, 4.69) is 25.2 Å². The van der Waals surface area contributed by atoms with Gasteiger partial charge in [0.05, 0.1) is 6.04 Å². The van der Waals surface area contributed by atoms with Gasteiger partial charge >= 0.3 is 0 Å². The Bertz CT molecular complexity index is 673. The average Bonchev–Trinajstić information content (AvgIpc) is 2.85. The standard InChI is InChI=1S/C15H18N5P/c16-9-13-14(11-5-2-1-3-6-11)18-20(15(13)17)12-7-4-8-19(21)10-12/h1-3,5-6,12H,4,7-8,10,17,21H2. The Hall–Kier alpha value is -1.89. The van der Waals surface area contributed by atoms with E-state index in [-0.39, 0.29) is 6.04 Å². The van der Waals surface area contributed by atoms with Crippen molar-refractivity contribution in [3.63, 3.8) is 0 Å². The van der Waals surface area contributed by atoms with Crippen molar-refractivity contribution in [2.45, 2.75) is 18.9 Å². The molecule has 2 heterocycles. The Morgan fingerprint density at radius 1 is 1.33 bits per heavy atom. The highest BCUT2D eigenvalue weighted by Gasteiger charge is 2.25. The highest BCUT2D eigenvalue weighted by molar-refractivity contribution is 7.13. The van der Waals surface area contributed by atoms with Crippen molar-refractivity contribution in [3.05, 3.63) is 35.9 Å². The second-order valence-corrected chi connectivity index (χ2v) is 6.05. The molecule has 108 valence electrons. The number of nitrogen functional groups attached to an aromatic ring is 1. The zero-order chi connectivity index (χ0) is 14.8. The molecule has 0 amide bonds. The quantitative estimate of drug-likeness (QED) is 0.865. The lowest BCUT2D eigenvalue weighted by molar-refractivity contribution is 0.271. The molecule has 21 heavy (non-hydrogen) atoms. The Morgan fingerprint density at radius 3 is 2.76 bits per heavy atom. The summed E-state index contributed by atoms with van der Waals surface area (Å²) in [4.78, 5) is 0. The number of nitriles is 1. The molecular weight excluding hydrogens is 281 g/mol. The van der Waals surface area contributed by atoms with Gasteiger partial charge in [-0.1, -0.05) is 39.7 Å². The van der Waals surface area contributed by atoms with Gasteiger partial charge in [0.15, 0.2) is 0 Å². The van der Waals surface area contributed by atoms with Crippen LogP contribution in [0.4, 0.5) is 5.82 Å². The molecule has 1 saturated heterocycles. The second-order valence-electron chi connectivity index (χ2n) is 5.32. The molecule has 6 heteroatoms. The summed E-state index contributed by atoms with van der Waals surface area (Å²) in [7, 11) is 2.74. The van der Waals surface area contributed by atoms with Crippen LogP contribution in [0.5, 0.6) is 0 Å². The van der Waals surface area contributed by atoms with Gasteiger partial charge in [-0.05, 0) is 12.8 Å². The zero-order valence-electron chi connectivity index (χ0n) is 11.7. The summed E-state index contributed by atoms with van der Waals surface area (Å²) in [5.74, 6) is 0.474. The summed E-state index contributed by atoms with van der Waals surface area (Å²) < 4.78 is 4.03. The highest BCUT2D eigenvalue weighted by atomic mass is 31.0. The molecule has 1 aliphatic rings. The first-order valence-corrected chi connectivity index (χ1v) is 7.55. The van der Waals surface area contributed by atoms with Crippen molar-refractivity contribution in [1.29, 1.82) is 5.26 Å². The molecule has 1 fully saturated rings. The van der Waals surface area contributed by atoms with Crippen molar-refractivity contribution < 1.29 is 0 Å². The molecule has 1 aromatic carbocycles. The van der Waals surface area contributed by atoms with Gasteiger partial charge in [0, 0.05) is 18.7 Å². The first-order chi connectivity index (χ1) is 10.2. The highest BCUT2D eigenvalue weighted by Crippen LogP contribution is 2.31. The molecule has 2 aromatic rings. The monoisotopic (exact) mass is 299 g/mol. The molecule has 2 atom stereocenters. The third-order valence-electron chi connectivity index (χ3n) is 3.88. The Balaban J connectivity index is 2.04. The van der Waals surface area contributed by atoms with Gasteiger partial charge in [-0.25, -0.2) is 4.68 Å². The first-order valence-electron chi connectivity index (χ1n) is 7.04. The lowest BCUT2D eigenvalue weighted by Gasteiger charge is -2.29. The van der Waals surface area contributed by atoms with Crippen LogP contribution in [-0.4, -0.2) is 27.5 Å². The van der Waals surface area contributed by atoms with Crippen molar-refractivity contribution in [2.75, 3.05) is 18.8 Å². The minimum atomic E-state index is 0.223. The summed E-state index contributed by atoms with van der Waals surface area (Å²) in [6.07, 6.45) is 2.14. The molecule has 5 nitrogen and oxygen atoms in total. The maximum Gasteiger partial charge on any atom is 0.140 e. The minimum Gasteiger partial charge on any atom is -0.383 e. The third-order valence-corrected chi connectivity index (χ3v) is 4.35. The van der Waals surface area contributed by atoms with Crippen LogP contribution in [-0.2, 0) is 0 Å². The van der Waals surface area contributed by atoms with Gasteiger partial charge in [0.1, 0.15) is 23.1 Å². The van der Waals surface area contributed by atoms with Crippen LogP contribution >= 0.6 is 9.39 Å². The Labute approximate surface area is 126 Å². The smallest absolute Gasteiger partial charge is 0.140 e. The van der Waals surface area contributed by atoms with Gasteiger partial charge in [0.2, 0.25) is 0 Å². The Morgan fingerprint density at radius 2 is 2.10 bits per heavy atom. The van der Waals surface area contributed by atoms with Crippen molar-refractivity contribution in [1.82, 2.24) is 14.5 Å². The molecule has 0 aliphatic carbocycles. The number of hydrogen-bond donors (Lipinski definition) is 1. The van der Waals surface area contributed by atoms with Crippen LogP contribution < -0.4 is 5.73 Å². The van der Waals surface area contributed by atoms with E-state index in [0.717, 1.165) is 31.5 Å². The van der Waals surface area contributed by atoms with Crippen LogP contribution in [0, 0.1) is 11.3 Å². The number of piperidine rings is 1.